The average molecular weight is 242 g/mol. The number of non-ortho nitro benzene ring substituents is 1. The molecule has 0 aromatic heterocycles. The zero-order valence-corrected chi connectivity index (χ0v) is 9.13. The van der Waals surface area contributed by atoms with E-state index < -0.39 is 10.7 Å². The van der Waals surface area contributed by atoms with E-state index in [2.05, 4.69) is 0 Å². The molecule has 88 valence electrons. The molecular weight excluding hydrogens is 235 g/mol. The first-order valence-electron chi connectivity index (χ1n) is 5.07. The fourth-order valence-electron chi connectivity index (χ4n) is 1.69. The Kier molecular flexibility index (Phi) is 3.02. The van der Waals surface area contributed by atoms with Gasteiger partial charge in [0.25, 0.3) is 5.69 Å². The highest BCUT2D eigenvalue weighted by molar-refractivity contribution is 5.72. The lowest BCUT2D eigenvalue weighted by molar-refractivity contribution is -0.384. The van der Waals surface area contributed by atoms with E-state index in [1.54, 1.807) is 0 Å². The first-order chi connectivity index (χ1) is 8.63. The third-order valence-corrected chi connectivity index (χ3v) is 2.48. The second-order valence-corrected chi connectivity index (χ2v) is 3.58. The van der Waals surface area contributed by atoms with Crippen LogP contribution in [0.1, 0.15) is 5.56 Å². The van der Waals surface area contributed by atoms with Gasteiger partial charge in [-0.15, -0.1) is 0 Å². The fraction of sp³-hybridized carbons (Fsp3) is 0. The van der Waals surface area contributed by atoms with Gasteiger partial charge < -0.3 is 0 Å². The number of hydrogen-bond acceptors (Lipinski definition) is 3. The summed E-state index contributed by atoms with van der Waals surface area (Å²) >= 11 is 0. The lowest BCUT2D eigenvalue weighted by Gasteiger charge is -2.05. The summed E-state index contributed by atoms with van der Waals surface area (Å²) in [5, 5.41) is 19.6. The Morgan fingerprint density at radius 3 is 2.61 bits per heavy atom. The van der Waals surface area contributed by atoms with Crippen LogP contribution in [0.15, 0.2) is 42.5 Å². The molecule has 0 amide bonds. The lowest BCUT2D eigenvalue weighted by atomic mass is 9.99. The molecule has 0 bridgehead atoms. The van der Waals surface area contributed by atoms with Crippen LogP contribution in [0.3, 0.4) is 0 Å². The number of rotatable bonds is 2. The Labute approximate surface area is 102 Å². The second-order valence-electron chi connectivity index (χ2n) is 3.58. The number of halogens is 1. The predicted molar refractivity (Wildman–Crippen MR) is 63.2 cm³/mol. The maximum absolute atomic E-state index is 13.7. The summed E-state index contributed by atoms with van der Waals surface area (Å²) in [6.45, 7) is 0. The average Bonchev–Trinajstić information content (AvgIpc) is 2.38. The smallest absolute Gasteiger partial charge is 0.258 e. The molecule has 18 heavy (non-hydrogen) atoms. The van der Waals surface area contributed by atoms with Crippen molar-refractivity contribution in [2.75, 3.05) is 0 Å². The molecule has 0 aliphatic carbocycles. The lowest BCUT2D eigenvalue weighted by Crippen LogP contribution is -1.92. The van der Waals surface area contributed by atoms with E-state index in [1.807, 2.05) is 6.07 Å². The van der Waals surface area contributed by atoms with Crippen molar-refractivity contribution in [1.29, 1.82) is 5.26 Å². The number of hydrogen-bond donors (Lipinski definition) is 0. The summed E-state index contributed by atoms with van der Waals surface area (Å²) in [5.41, 5.74) is 0.415. The van der Waals surface area contributed by atoms with Crippen LogP contribution in [0.4, 0.5) is 10.1 Å². The summed E-state index contributed by atoms with van der Waals surface area (Å²) < 4.78 is 13.7. The highest BCUT2D eigenvalue weighted by atomic mass is 19.1. The van der Waals surface area contributed by atoms with Crippen molar-refractivity contribution >= 4 is 5.69 Å². The Balaban J connectivity index is 2.66. The Morgan fingerprint density at radius 2 is 1.94 bits per heavy atom. The van der Waals surface area contributed by atoms with Crippen LogP contribution in [0.5, 0.6) is 0 Å². The molecule has 0 N–H and O–H groups in total. The minimum absolute atomic E-state index is 0.0868. The molecule has 2 rings (SSSR count). The standard InChI is InChI=1S/C13H7FN2O2/c14-12-6-2-4-10(8-15)13(12)9-3-1-5-11(7-9)16(17)18/h1-7H. The van der Waals surface area contributed by atoms with Crippen LogP contribution < -0.4 is 0 Å². The van der Waals surface area contributed by atoms with Crippen LogP contribution in [-0.4, -0.2) is 4.92 Å². The maximum Gasteiger partial charge on any atom is 0.270 e. The van der Waals surface area contributed by atoms with Gasteiger partial charge in [0.15, 0.2) is 0 Å². The molecule has 0 unspecified atom stereocenters. The van der Waals surface area contributed by atoms with Gasteiger partial charge in [-0.3, -0.25) is 10.1 Å². The van der Waals surface area contributed by atoms with Crippen molar-refractivity contribution in [2.45, 2.75) is 0 Å². The van der Waals surface area contributed by atoms with E-state index in [1.165, 1.54) is 42.5 Å². The number of nitriles is 1. The van der Waals surface area contributed by atoms with Crippen LogP contribution in [0.25, 0.3) is 11.1 Å². The molecule has 0 atom stereocenters. The minimum atomic E-state index is -0.574. The summed E-state index contributed by atoms with van der Waals surface area (Å²) in [6.07, 6.45) is 0. The Morgan fingerprint density at radius 1 is 1.22 bits per heavy atom. The molecule has 0 aliphatic rings. The quantitative estimate of drug-likeness (QED) is 0.599. The van der Waals surface area contributed by atoms with Gasteiger partial charge in [0.1, 0.15) is 5.82 Å². The molecule has 0 saturated carbocycles. The van der Waals surface area contributed by atoms with Gasteiger partial charge >= 0.3 is 0 Å². The second kappa shape index (κ2) is 4.63. The molecule has 0 heterocycles. The summed E-state index contributed by atoms with van der Waals surface area (Å²) in [5.74, 6) is -0.574. The molecule has 5 heteroatoms. The van der Waals surface area contributed by atoms with Crippen molar-refractivity contribution < 1.29 is 9.31 Å². The number of nitro benzene ring substituents is 1. The fourth-order valence-corrected chi connectivity index (χ4v) is 1.69. The molecule has 4 nitrogen and oxygen atoms in total. The van der Waals surface area contributed by atoms with Crippen LogP contribution in [0.2, 0.25) is 0 Å². The molecule has 2 aromatic carbocycles. The number of nitro groups is 1. The van der Waals surface area contributed by atoms with Gasteiger partial charge in [0.2, 0.25) is 0 Å². The molecule has 0 fully saturated rings. The first kappa shape index (κ1) is 11.7. The summed E-state index contributed by atoms with van der Waals surface area (Å²) in [7, 11) is 0. The molecule has 0 radical (unpaired) electrons. The highest BCUT2D eigenvalue weighted by Gasteiger charge is 2.13. The normalized spacial score (nSPS) is 9.78. The Hall–Kier alpha value is -2.74. The highest BCUT2D eigenvalue weighted by Crippen LogP contribution is 2.28. The van der Waals surface area contributed by atoms with Crippen molar-refractivity contribution in [3.8, 4) is 17.2 Å². The van der Waals surface area contributed by atoms with Crippen molar-refractivity contribution in [3.05, 3.63) is 64.0 Å². The van der Waals surface area contributed by atoms with E-state index in [-0.39, 0.29) is 16.8 Å². The monoisotopic (exact) mass is 242 g/mol. The van der Waals surface area contributed by atoms with E-state index in [0.29, 0.717) is 5.56 Å². The topological polar surface area (TPSA) is 66.9 Å². The van der Waals surface area contributed by atoms with E-state index in [4.69, 9.17) is 5.26 Å². The van der Waals surface area contributed by atoms with Crippen LogP contribution in [-0.2, 0) is 0 Å². The maximum atomic E-state index is 13.7. The van der Waals surface area contributed by atoms with Gasteiger partial charge in [-0.2, -0.15) is 5.26 Å². The third kappa shape index (κ3) is 2.04. The minimum Gasteiger partial charge on any atom is -0.258 e. The van der Waals surface area contributed by atoms with Crippen LogP contribution >= 0.6 is 0 Å². The van der Waals surface area contributed by atoms with E-state index in [9.17, 15) is 14.5 Å². The van der Waals surface area contributed by atoms with E-state index >= 15 is 0 Å². The summed E-state index contributed by atoms with van der Waals surface area (Å²) in [4.78, 5) is 10.1. The van der Waals surface area contributed by atoms with Gasteiger partial charge in [-0.25, -0.2) is 4.39 Å². The van der Waals surface area contributed by atoms with Gasteiger partial charge in [-0.05, 0) is 17.7 Å². The molecule has 0 saturated heterocycles. The molecule has 0 spiro atoms. The largest absolute Gasteiger partial charge is 0.270 e. The molecular formula is C13H7FN2O2. The van der Waals surface area contributed by atoms with Crippen molar-refractivity contribution in [3.63, 3.8) is 0 Å². The zero-order valence-electron chi connectivity index (χ0n) is 9.13. The van der Waals surface area contributed by atoms with Gasteiger partial charge in [0.05, 0.1) is 16.6 Å². The van der Waals surface area contributed by atoms with E-state index in [0.717, 1.165) is 0 Å². The SMILES string of the molecule is N#Cc1cccc(F)c1-c1cccc([N+](=O)[O-])c1. The van der Waals surface area contributed by atoms with Crippen molar-refractivity contribution in [2.24, 2.45) is 0 Å². The number of nitrogens with zero attached hydrogens (tertiary/aromatic N) is 2. The predicted octanol–water partition coefficient (Wildman–Crippen LogP) is 3.27. The zero-order chi connectivity index (χ0) is 13.1. The van der Waals surface area contributed by atoms with Crippen LogP contribution in [0, 0.1) is 27.3 Å². The first-order valence-corrected chi connectivity index (χ1v) is 5.07. The van der Waals surface area contributed by atoms with Gasteiger partial charge in [0, 0.05) is 17.7 Å². The molecule has 0 aliphatic heterocycles. The van der Waals surface area contributed by atoms with Gasteiger partial charge in [-0.1, -0.05) is 18.2 Å². The molecule has 2 aromatic rings. The third-order valence-electron chi connectivity index (χ3n) is 2.48. The van der Waals surface area contributed by atoms with Crippen molar-refractivity contribution in [1.82, 2.24) is 0 Å². The number of benzene rings is 2. The summed E-state index contributed by atoms with van der Waals surface area (Å²) in [6, 6.07) is 11.5. The Bertz CT molecular complexity index is 662.